The van der Waals surface area contributed by atoms with Crippen LogP contribution in [0.1, 0.15) is 25.3 Å². The fourth-order valence-corrected chi connectivity index (χ4v) is 2.99. The van der Waals surface area contributed by atoms with E-state index in [-0.39, 0.29) is 5.84 Å². The molecule has 0 aliphatic carbocycles. The van der Waals surface area contributed by atoms with E-state index in [1.54, 1.807) is 0 Å². The molecule has 2 rings (SSSR count). The van der Waals surface area contributed by atoms with E-state index in [4.69, 9.17) is 10.9 Å². The van der Waals surface area contributed by atoms with Gasteiger partial charge in [-0.1, -0.05) is 18.5 Å². The highest BCUT2D eigenvalue weighted by Crippen LogP contribution is 2.32. The van der Waals surface area contributed by atoms with Gasteiger partial charge in [-0.25, -0.2) is 0 Å². The summed E-state index contributed by atoms with van der Waals surface area (Å²) in [4.78, 5) is 2.38. The summed E-state index contributed by atoms with van der Waals surface area (Å²) in [5.41, 5.74) is 7.48. The highest BCUT2D eigenvalue weighted by atomic mass is 79.9. The van der Waals surface area contributed by atoms with Gasteiger partial charge in [0, 0.05) is 23.1 Å². The molecule has 98 valence electrons. The van der Waals surface area contributed by atoms with Crippen LogP contribution in [0.5, 0.6) is 0 Å². The lowest BCUT2D eigenvalue weighted by Gasteiger charge is -2.20. The molecule has 3 N–H and O–H groups in total. The van der Waals surface area contributed by atoms with Gasteiger partial charge in [0.1, 0.15) is 0 Å². The monoisotopic (exact) mass is 311 g/mol. The van der Waals surface area contributed by atoms with Crippen LogP contribution in [-0.2, 0) is 0 Å². The van der Waals surface area contributed by atoms with Gasteiger partial charge in [-0.15, -0.1) is 0 Å². The van der Waals surface area contributed by atoms with Gasteiger partial charge in [0.15, 0.2) is 5.84 Å². The summed E-state index contributed by atoms with van der Waals surface area (Å²) in [5.74, 6) is 0.927. The molecule has 5 heteroatoms. The minimum Gasteiger partial charge on any atom is -0.409 e. The van der Waals surface area contributed by atoms with E-state index in [0.29, 0.717) is 0 Å². The van der Waals surface area contributed by atoms with Crippen molar-refractivity contribution in [3.63, 3.8) is 0 Å². The van der Waals surface area contributed by atoms with E-state index in [1.807, 2.05) is 18.2 Å². The van der Waals surface area contributed by atoms with E-state index >= 15 is 0 Å². The molecule has 0 aromatic heterocycles. The Bertz CT molecular complexity index is 462. The molecule has 1 aliphatic rings. The van der Waals surface area contributed by atoms with Crippen LogP contribution >= 0.6 is 15.9 Å². The molecular weight excluding hydrogens is 294 g/mol. The maximum atomic E-state index is 8.66. The van der Waals surface area contributed by atoms with Gasteiger partial charge in [0.2, 0.25) is 0 Å². The molecule has 1 aromatic rings. The zero-order chi connectivity index (χ0) is 13.1. The number of hydrogen-bond donors (Lipinski definition) is 2. The van der Waals surface area contributed by atoms with Gasteiger partial charge < -0.3 is 15.8 Å². The molecule has 0 amide bonds. The number of amidine groups is 1. The number of anilines is 1. The Kier molecular flexibility index (Phi) is 4.11. The molecule has 0 spiro atoms. The molecule has 18 heavy (non-hydrogen) atoms. The second kappa shape index (κ2) is 5.61. The largest absolute Gasteiger partial charge is 0.409 e. The Labute approximate surface area is 116 Å². The zero-order valence-electron chi connectivity index (χ0n) is 10.4. The maximum Gasteiger partial charge on any atom is 0.170 e. The number of nitrogens with zero attached hydrogens (tertiary/aromatic N) is 2. The Hall–Kier alpha value is -1.23. The summed E-state index contributed by atoms with van der Waals surface area (Å²) in [6, 6.07) is 5.80. The van der Waals surface area contributed by atoms with Crippen LogP contribution < -0.4 is 10.6 Å². The third-order valence-electron chi connectivity index (χ3n) is 3.56. The first kappa shape index (κ1) is 13.2. The SMILES string of the molecule is CCC1CCN(c2ccc(/C(N)=N/O)cc2Br)C1. The van der Waals surface area contributed by atoms with Crippen molar-refractivity contribution in [3.8, 4) is 0 Å². The minimum atomic E-state index is 0.134. The van der Waals surface area contributed by atoms with Crippen molar-refractivity contribution in [2.24, 2.45) is 16.8 Å². The van der Waals surface area contributed by atoms with Crippen molar-refractivity contribution < 1.29 is 5.21 Å². The molecule has 1 heterocycles. The number of hydrogen-bond acceptors (Lipinski definition) is 3. The van der Waals surface area contributed by atoms with Gasteiger partial charge in [-0.05, 0) is 46.5 Å². The molecule has 0 bridgehead atoms. The number of halogens is 1. The number of nitrogens with two attached hydrogens (primary N) is 1. The van der Waals surface area contributed by atoms with Crippen molar-refractivity contribution >= 4 is 27.5 Å². The average Bonchev–Trinajstić information content (AvgIpc) is 2.86. The standard InChI is InChI=1S/C13H18BrN3O/c1-2-9-5-6-17(8-9)12-4-3-10(7-11(12)14)13(15)16-18/h3-4,7,9,18H,2,5-6,8H2,1H3,(H2,15,16). The second-order valence-corrected chi connectivity index (χ2v) is 5.51. The van der Waals surface area contributed by atoms with E-state index in [9.17, 15) is 0 Å². The first-order valence-electron chi connectivity index (χ1n) is 6.18. The molecule has 1 fully saturated rings. The predicted molar refractivity (Wildman–Crippen MR) is 77.3 cm³/mol. The third kappa shape index (κ3) is 2.61. The summed E-state index contributed by atoms with van der Waals surface area (Å²) in [5, 5.41) is 11.7. The van der Waals surface area contributed by atoms with E-state index in [2.05, 4.69) is 32.9 Å². The van der Waals surface area contributed by atoms with Gasteiger partial charge >= 0.3 is 0 Å². The zero-order valence-corrected chi connectivity index (χ0v) is 12.0. The van der Waals surface area contributed by atoms with Crippen LogP contribution in [0.2, 0.25) is 0 Å². The smallest absolute Gasteiger partial charge is 0.170 e. The van der Waals surface area contributed by atoms with Crippen LogP contribution in [0, 0.1) is 5.92 Å². The third-order valence-corrected chi connectivity index (χ3v) is 4.19. The van der Waals surface area contributed by atoms with E-state index in [0.717, 1.165) is 29.0 Å². The maximum absolute atomic E-state index is 8.66. The Morgan fingerprint density at radius 3 is 2.94 bits per heavy atom. The first-order valence-corrected chi connectivity index (χ1v) is 6.97. The van der Waals surface area contributed by atoms with Crippen LogP contribution in [0.25, 0.3) is 0 Å². The van der Waals surface area contributed by atoms with Gasteiger partial charge in [0.05, 0.1) is 5.69 Å². The molecule has 0 radical (unpaired) electrons. The van der Waals surface area contributed by atoms with Crippen molar-refractivity contribution in [2.45, 2.75) is 19.8 Å². The van der Waals surface area contributed by atoms with Crippen LogP contribution in [0.4, 0.5) is 5.69 Å². The summed E-state index contributed by atoms with van der Waals surface area (Å²) in [6.07, 6.45) is 2.49. The summed E-state index contributed by atoms with van der Waals surface area (Å²) in [7, 11) is 0. The fourth-order valence-electron chi connectivity index (χ4n) is 2.37. The van der Waals surface area contributed by atoms with Crippen LogP contribution in [0.3, 0.4) is 0 Å². The minimum absolute atomic E-state index is 0.134. The Morgan fingerprint density at radius 2 is 2.39 bits per heavy atom. The molecule has 1 atom stereocenters. The van der Waals surface area contributed by atoms with Crippen LogP contribution in [0.15, 0.2) is 27.8 Å². The molecule has 0 saturated carbocycles. The first-order chi connectivity index (χ1) is 8.65. The topological polar surface area (TPSA) is 61.8 Å². The van der Waals surface area contributed by atoms with E-state index < -0.39 is 0 Å². The molecule has 1 unspecified atom stereocenters. The summed E-state index contributed by atoms with van der Waals surface area (Å²) < 4.78 is 0.989. The number of oxime groups is 1. The normalized spacial score (nSPS) is 20.4. The summed E-state index contributed by atoms with van der Waals surface area (Å²) in [6.45, 7) is 4.45. The lowest BCUT2D eigenvalue weighted by Crippen LogP contribution is -2.20. The highest BCUT2D eigenvalue weighted by molar-refractivity contribution is 9.10. The molecular formula is C13H18BrN3O. The van der Waals surface area contributed by atoms with Crippen molar-refractivity contribution in [1.82, 2.24) is 0 Å². The second-order valence-electron chi connectivity index (χ2n) is 4.66. The summed E-state index contributed by atoms with van der Waals surface area (Å²) >= 11 is 3.56. The van der Waals surface area contributed by atoms with Crippen molar-refractivity contribution in [2.75, 3.05) is 18.0 Å². The molecule has 1 saturated heterocycles. The van der Waals surface area contributed by atoms with E-state index in [1.165, 1.54) is 18.5 Å². The lowest BCUT2D eigenvalue weighted by molar-refractivity contribution is 0.318. The molecule has 4 nitrogen and oxygen atoms in total. The Balaban J connectivity index is 2.20. The fraction of sp³-hybridized carbons (Fsp3) is 0.462. The van der Waals surface area contributed by atoms with Crippen molar-refractivity contribution in [3.05, 3.63) is 28.2 Å². The number of rotatable bonds is 3. The van der Waals surface area contributed by atoms with Gasteiger partial charge in [0.25, 0.3) is 0 Å². The predicted octanol–water partition coefficient (Wildman–Crippen LogP) is 2.78. The lowest BCUT2D eigenvalue weighted by atomic mass is 10.1. The molecule has 1 aromatic carbocycles. The van der Waals surface area contributed by atoms with Crippen molar-refractivity contribution in [1.29, 1.82) is 0 Å². The quantitative estimate of drug-likeness (QED) is 0.390. The Morgan fingerprint density at radius 1 is 1.61 bits per heavy atom. The number of benzene rings is 1. The highest BCUT2D eigenvalue weighted by Gasteiger charge is 2.22. The van der Waals surface area contributed by atoms with Crippen LogP contribution in [-0.4, -0.2) is 24.1 Å². The van der Waals surface area contributed by atoms with Gasteiger partial charge in [-0.3, -0.25) is 0 Å². The molecule has 1 aliphatic heterocycles. The van der Waals surface area contributed by atoms with Gasteiger partial charge in [-0.2, -0.15) is 0 Å². The average molecular weight is 312 g/mol.